The second kappa shape index (κ2) is 8.28. The van der Waals surface area contributed by atoms with E-state index in [1.807, 2.05) is 0 Å². The Bertz CT molecular complexity index is 942. The number of anilines is 1. The molecule has 1 amide bonds. The van der Waals surface area contributed by atoms with E-state index in [0.717, 1.165) is 4.31 Å². The van der Waals surface area contributed by atoms with Gasteiger partial charge in [-0.3, -0.25) is 4.79 Å². The van der Waals surface area contributed by atoms with E-state index >= 15 is 0 Å². The average molecular weight is 394 g/mol. The zero-order valence-electron chi connectivity index (χ0n) is 15.0. The fourth-order valence-corrected chi connectivity index (χ4v) is 2.95. The van der Waals surface area contributed by atoms with Crippen LogP contribution < -0.4 is 5.32 Å². The van der Waals surface area contributed by atoms with Crippen LogP contribution in [-0.4, -0.2) is 44.8 Å². The molecule has 0 aromatic heterocycles. The van der Waals surface area contributed by atoms with Gasteiger partial charge in [0.05, 0.1) is 16.1 Å². The Morgan fingerprint density at radius 3 is 2.22 bits per heavy atom. The van der Waals surface area contributed by atoms with Crippen LogP contribution in [0, 0.1) is 5.82 Å². The third-order valence-corrected chi connectivity index (χ3v) is 5.48. The van der Waals surface area contributed by atoms with Crippen molar-refractivity contribution >= 4 is 27.6 Å². The van der Waals surface area contributed by atoms with Gasteiger partial charge in [0, 0.05) is 14.1 Å². The van der Waals surface area contributed by atoms with Gasteiger partial charge in [-0.2, -0.15) is 0 Å². The van der Waals surface area contributed by atoms with E-state index < -0.39 is 33.8 Å². The zero-order chi connectivity index (χ0) is 20.2. The van der Waals surface area contributed by atoms with E-state index in [1.165, 1.54) is 63.5 Å². The number of nitrogens with zero attached hydrogens (tertiary/aromatic N) is 1. The Hall–Kier alpha value is -2.78. The van der Waals surface area contributed by atoms with E-state index in [4.69, 9.17) is 4.74 Å². The summed E-state index contributed by atoms with van der Waals surface area (Å²) in [5, 5.41) is 2.33. The third-order valence-electron chi connectivity index (χ3n) is 3.65. The number of hydrogen-bond donors (Lipinski definition) is 1. The molecule has 0 aliphatic carbocycles. The van der Waals surface area contributed by atoms with Crippen LogP contribution in [0.4, 0.5) is 10.1 Å². The van der Waals surface area contributed by atoms with Crippen molar-refractivity contribution in [3.63, 3.8) is 0 Å². The monoisotopic (exact) mass is 394 g/mol. The maximum atomic E-state index is 13.6. The summed E-state index contributed by atoms with van der Waals surface area (Å²) in [6.45, 7) is 1.35. The molecule has 2 aromatic rings. The lowest BCUT2D eigenvalue weighted by atomic mass is 10.2. The Balaban J connectivity index is 2.04. The van der Waals surface area contributed by atoms with Crippen molar-refractivity contribution in [3.8, 4) is 0 Å². The molecule has 0 aliphatic rings. The van der Waals surface area contributed by atoms with Gasteiger partial charge in [0.25, 0.3) is 5.91 Å². The number of nitrogens with one attached hydrogen (secondary N) is 1. The molecule has 2 aromatic carbocycles. The van der Waals surface area contributed by atoms with Gasteiger partial charge in [0.1, 0.15) is 5.82 Å². The number of sulfonamides is 1. The smallest absolute Gasteiger partial charge is 0.338 e. The zero-order valence-corrected chi connectivity index (χ0v) is 15.8. The first-order chi connectivity index (χ1) is 12.6. The number of esters is 1. The molecule has 0 saturated carbocycles. The highest BCUT2D eigenvalue weighted by Gasteiger charge is 2.21. The van der Waals surface area contributed by atoms with Crippen molar-refractivity contribution in [1.29, 1.82) is 0 Å². The molecule has 0 heterocycles. The molecule has 144 valence electrons. The first-order valence-electron chi connectivity index (χ1n) is 7.92. The third kappa shape index (κ3) is 4.89. The summed E-state index contributed by atoms with van der Waals surface area (Å²) in [5.41, 5.74) is 0.0573. The normalized spacial score (nSPS) is 12.5. The topological polar surface area (TPSA) is 92.8 Å². The molecule has 0 spiro atoms. The van der Waals surface area contributed by atoms with Crippen LogP contribution in [0.15, 0.2) is 53.4 Å². The standard InChI is InChI=1S/C18H19FN2O5S/c1-12(17(22)20-16-7-5-4-6-15(16)19)26-18(23)13-8-10-14(11-9-13)27(24,25)21(2)3/h4-12H,1-3H3,(H,20,22)/t12-/m1/s1. The largest absolute Gasteiger partial charge is 0.449 e. The highest BCUT2D eigenvalue weighted by Crippen LogP contribution is 2.16. The first kappa shape index (κ1) is 20.5. The second-order valence-corrected chi connectivity index (χ2v) is 7.98. The minimum absolute atomic E-state index is 0.0226. The van der Waals surface area contributed by atoms with Gasteiger partial charge in [0.2, 0.25) is 10.0 Å². The quantitative estimate of drug-likeness (QED) is 0.759. The molecule has 2 rings (SSSR count). The lowest BCUT2D eigenvalue weighted by molar-refractivity contribution is -0.123. The number of amides is 1. The van der Waals surface area contributed by atoms with Crippen molar-refractivity contribution in [2.24, 2.45) is 0 Å². The second-order valence-electron chi connectivity index (χ2n) is 5.83. The van der Waals surface area contributed by atoms with E-state index in [1.54, 1.807) is 6.07 Å². The van der Waals surface area contributed by atoms with Crippen molar-refractivity contribution in [2.45, 2.75) is 17.9 Å². The molecular formula is C18H19FN2O5S. The number of rotatable bonds is 6. The van der Waals surface area contributed by atoms with Crippen LogP contribution in [0.5, 0.6) is 0 Å². The molecule has 1 N–H and O–H groups in total. The van der Waals surface area contributed by atoms with Gasteiger partial charge in [0.15, 0.2) is 6.10 Å². The summed E-state index contributed by atoms with van der Waals surface area (Å²) in [4.78, 5) is 24.2. The highest BCUT2D eigenvalue weighted by molar-refractivity contribution is 7.89. The molecule has 0 radical (unpaired) electrons. The predicted octanol–water partition coefficient (Wildman–Crippen LogP) is 2.26. The maximum Gasteiger partial charge on any atom is 0.338 e. The van der Waals surface area contributed by atoms with Gasteiger partial charge < -0.3 is 10.1 Å². The van der Waals surface area contributed by atoms with Gasteiger partial charge in [-0.1, -0.05) is 12.1 Å². The number of para-hydroxylation sites is 1. The average Bonchev–Trinajstić information content (AvgIpc) is 2.63. The number of carbonyl (C=O) groups is 2. The fourth-order valence-electron chi connectivity index (χ4n) is 2.05. The van der Waals surface area contributed by atoms with Gasteiger partial charge >= 0.3 is 5.97 Å². The number of halogens is 1. The number of ether oxygens (including phenoxy) is 1. The van der Waals surface area contributed by atoms with Crippen molar-refractivity contribution in [3.05, 3.63) is 59.9 Å². The van der Waals surface area contributed by atoms with Crippen LogP contribution in [0.2, 0.25) is 0 Å². The SMILES string of the molecule is C[C@@H](OC(=O)c1ccc(S(=O)(=O)N(C)C)cc1)C(=O)Nc1ccccc1F. The summed E-state index contributed by atoms with van der Waals surface area (Å²) in [5.74, 6) is -2.11. The lowest BCUT2D eigenvalue weighted by Gasteiger charge is -2.14. The molecule has 0 unspecified atom stereocenters. The van der Waals surface area contributed by atoms with Crippen LogP contribution in [-0.2, 0) is 19.6 Å². The molecular weight excluding hydrogens is 375 g/mol. The van der Waals surface area contributed by atoms with E-state index in [9.17, 15) is 22.4 Å². The molecule has 27 heavy (non-hydrogen) atoms. The van der Waals surface area contributed by atoms with Crippen molar-refractivity contribution < 1.29 is 27.1 Å². The van der Waals surface area contributed by atoms with E-state index in [0.29, 0.717) is 0 Å². The summed E-state index contributed by atoms with van der Waals surface area (Å²) >= 11 is 0. The summed E-state index contributed by atoms with van der Waals surface area (Å²) in [6, 6.07) is 10.7. The number of benzene rings is 2. The van der Waals surface area contributed by atoms with Crippen LogP contribution >= 0.6 is 0 Å². The van der Waals surface area contributed by atoms with Gasteiger partial charge in [-0.15, -0.1) is 0 Å². The summed E-state index contributed by atoms with van der Waals surface area (Å²) in [7, 11) is -0.821. The summed E-state index contributed by atoms with van der Waals surface area (Å²) < 4.78 is 43.7. The molecule has 0 aliphatic heterocycles. The molecule has 0 saturated heterocycles. The Labute approximate surface area is 156 Å². The minimum Gasteiger partial charge on any atom is -0.449 e. The van der Waals surface area contributed by atoms with E-state index in [-0.39, 0.29) is 16.1 Å². The Morgan fingerprint density at radius 2 is 1.67 bits per heavy atom. The summed E-state index contributed by atoms with van der Waals surface area (Å²) in [6.07, 6.45) is -1.18. The highest BCUT2D eigenvalue weighted by atomic mass is 32.2. The Morgan fingerprint density at radius 1 is 1.07 bits per heavy atom. The number of hydrogen-bond acceptors (Lipinski definition) is 5. The molecule has 0 fully saturated rings. The molecule has 7 nitrogen and oxygen atoms in total. The van der Waals surface area contributed by atoms with Crippen LogP contribution in [0.25, 0.3) is 0 Å². The van der Waals surface area contributed by atoms with Crippen molar-refractivity contribution in [2.75, 3.05) is 19.4 Å². The lowest BCUT2D eigenvalue weighted by Crippen LogP contribution is -2.30. The van der Waals surface area contributed by atoms with Gasteiger partial charge in [-0.05, 0) is 43.3 Å². The molecule has 9 heteroatoms. The number of carbonyl (C=O) groups excluding carboxylic acids is 2. The van der Waals surface area contributed by atoms with E-state index in [2.05, 4.69) is 5.32 Å². The maximum absolute atomic E-state index is 13.6. The molecule has 0 bridgehead atoms. The minimum atomic E-state index is -3.61. The first-order valence-corrected chi connectivity index (χ1v) is 9.36. The van der Waals surface area contributed by atoms with Crippen LogP contribution in [0.1, 0.15) is 17.3 Å². The Kier molecular flexibility index (Phi) is 6.29. The molecule has 1 atom stereocenters. The van der Waals surface area contributed by atoms with Crippen molar-refractivity contribution in [1.82, 2.24) is 4.31 Å². The predicted molar refractivity (Wildman–Crippen MR) is 97.2 cm³/mol. The van der Waals surface area contributed by atoms with Gasteiger partial charge in [-0.25, -0.2) is 21.9 Å². The van der Waals surface area contributed by atoms with Crippen LogP contribution in [0.3, 0.4) is 0 Å². The fraction of sp³-hybridized carbons (Fsp3) is 0.222.